The highest BCUT2D eigenvalue weighted by Gasteiger charge is 2.12. The minimum absolute atomic E-state index is 0.156. The van der Waals surface area contributed by atoms with Gasteiger partial charge in [0.05, 0.1) is 13.3 Å². The molecule has 0 spiro atoms. The number of hydrazone groups is 1. The number of nitrogens with one attached hydrogen (secondary N) is 2. The molecule has 3 aromatic rings. The molecular formula is C24H20Cl3N3O4. The van der Waals surface area contributed by atoms with E-state index in [4.69, 9.17) is 44.3 Å². The Morgan fingerprint density at radius 3 is 2.32 bits per heavy atom. The Kier molecular flexibility index (Phi) is 9.16. The van der Waals surface area contributed by atoms with Gasteiger partial charge in [-0.3, -0.25) is 9.59 Å². The standard InChI is InChI=1S/C24H20Cl3N3O4/c1-33-22-11-16(7-10-21(22)34-14-18-19(26)3-2-4-20(18)27)13-29-30-24(32)23(31)28-12-15-5-8-17(25)9-6-15/h2-11,13H,12,14H2,1H3,(H,28,31)(H,30,32)/b29-13-. The highest BCUT2D eigenvalue weighted by atomic mass is 35.5. The Balaban J connectivity index is 1.54. The van der Waals surface area contributed by atoms with Gasteiger partial charge in [-0.25, -0.2) is 5.43 Å². The molecule has 3 aromatic carbocycles. The van der Waals surface area contributed by atoms with Crippen LogP contribution < -0.4 is 20.2 Å². The van der Waals surface area contributed by atoms with Gasteiger partial charge in [-0.2, -0.15) is 5.10 Å². The fourth-order valence-electron chi connectivity index (χ4n) is 2.78. The zero-order valence-corrected chi connectivity index (χ0v) is 20.2. The van der Waals surface area contributed by atoms with Crippen molar-refractivity contribution >= 4 is 52.8 Å². The van der Waals surface area contributed by atoms with Crippen LogP contribution >= 0.6 is 34.8 Å². The van der Waals surface area contributed by atoms with Crippen LogP contribution in [0.5, 0.6) is 11.5 Å². The molecule has 2 N–H and O–H groups in total. The second-order valence-electron chi connectivity index (χ2n) is 6.91. The van der Waals surface area contributed by atoms with Crippen molar-refractivity contribution in [1.82, 2.24) is 10.7 Å². The maximum absolute atomic E-state index is 11.9. The third-order valence-corrected chi connectivity index (χ3v) is 5.53. The van der Waals surface area contributed by atoms with Crippen molar-refractivity contribution in [3.05, 3.63) is 92.4 Å². The third-order valence-electron chi connectivity index (χ3n) is 4.57. The Hall–Kier alpha value is -3.26. The van der Waals surface area contributed by atoms with Gasteiger partial charge in [0.25, 0.3) is 0 Å². The number of methoxy groups -OCH3 is 1. The van der Waals surface area contributed by atoms with Gasteiger partial charge in [0.15, 0.2) is 11.5 Å². The highest BCUT2D eigenvalue weighted by Crippen LogP contribution is 2.31. The molecule has 0 aliphatic rings. The van der Waals surface area contributed by atoms with E-state index < -0.39 is 11.8 Å². The molecule has 0 saturated carbocycles. The second-order valence-corrected chi connectivity index (χ2v) is 8.16. The molecule has 0 aliphatic carbocycles. The van der Waals surface area contributed by atoms with E-state index in [-0.39, 0.29) is 13.2 Å². The fraction of sp³-hybridized carbons (Fsp3) is 0.125. The van der Waals surface area contributed by atoms with Gasteiger partial charge in [0.1, 0.15) is 6.61 Å². The van der Waals surface area contributed by atoms with E-state index in [1.165, 1.54) is 13.3 Å². The van der Waals surface area contributed by atoms with Gasteiger partial charge in [0.2, 0.25) is 0 Å². The first-order valence-electron chi connectivity index (χ1n) is 9.96. The molecule has 3 rings (SSSR count). The van der Waals surface area contributed by atoms with Gasteiger partial charge in [0, 0.05) is 27.2 Å². The van der Waals surface area contributed by atoms with Crippen LogP contribution in [0.1, 0.15) is 16.7 Å². The Morgan fingerprint density at radius 1 is 0.941 bits per heavy atom. The summed E-state index contributed by atoms with van der Waals surface area (Å²) in [7, 11) is 1.50. The van der Waals surface area contributed by atoms with E-state index in [2.05, 4.69) is 15.8 Å². The Bertz CT molecular complexity index is 1180. The van der Waals surface area contributed by atoms with E-state index in [1.54, 1.807) is 60.7 Å². The number of carbonyl (C=O) groups excluding carboxylic acids is 2. The Morgan fingerprint density at radius 2 is 1.65 bits per heavy atom. The van der Waals surface area contributed by atoms with E-state index >= 15 is 0 Å². The molecule has 0 aromatic heterocycles. The Labute approximate surface area is 211 Å². The zero-order chi connectivity index (χ0) is 24.5. The fourth-order valence-corrected chi connectivity index (χ4v) is 3.42. The van der Waals surface area contributed by atoms with Gasteiger partial charge in [-0.1, -0.05) is 53.0 Å². The van der Waals surface area contributed by atoms with Crippen LogP contribution in [-0.4, -0.2) is 25.1 Å². The number of hydrogen-bond donors (Lipinski definition) is 2. The van der Waals surface area contributed by atoms with Gasteiger partial charge in [-0.15, -0.1) is 0 Å². The van der Waals surface area contributed by atoms with Gasteiger partial charge >= 0.3 is 11.8 Å². The molecule has 0 saturated heterocycles. The molecule has 0 heterocycles. The molecule has 0 unspecified atom stereocenters. The molecule has 0 radical (unpaired) electrons. The maximum Gasteiger partial charge on any atom is 0.329 e. The largest absolute Gasteiger partial charge is 0.493 e. The third kappa shape index (κ3) is 7.12. The van der Waals surface area contributed by atoms with Crippen LogP contribution in [0.15, 0.2) is 65.8 Å². The summed E-state index contributed by atoms with van der Waals surface area (Å²) >= 11 is 18.2. The minimum atomic E-state index is -0.895. The number of carbonyl (C=O) groups is 2. The molecule has 0 atom stereocenters. The average molecular weight is 521 g/mol. The lowest BCUT2D eigenvalue weighted by molar-refractivity contribution is -0.139. The van der Waals surface area contributed by atoms with Gasteiger partial charge in [-0.05, 0) is 53.6 Å². The number of rotatable bonds is 8. The van der Waals surface area contributed by atoms with Crippen molar-refractivity contribution in [2.75, 3.05) is 7.11 Å². The molecule has 34 heavy (non-hydrogen) atoms. The molecular weight excluding hydrogens is 501 g/mol. The van der Waals surface area contributed by atoms with E-state index in [0.29, 0.717) is 37.7 Å². The van der Waals surface area contributed by atoms with Crippen molar-refractivity contribution in [2.24, 2.45) is 5.10 Å². The SMILES string of the molecule is COc1cc(/C=N\NC(=O)C(=O)NCc2ccc(Cl)cc2)ccc1OCc1c(Cl)cccc1Cl. The summed E-state index contributed by atoms with van der Waals surface area (Å²) in [6, 6.07) is 17.2. The second kappa shape index (κ2) is 12.3. The molecule has 10 heteroatoms. The monoisotopic (exact) mass is 519 g/mol. The van der Waals surface area contributed by atoms with E-state index in [0.717, 1.165) is 5.56 Å². The molecule has 0 fully saturated rings. The lowest BCUT2D eigenvalue weighted by atomic mass is 10.2. The first-order valence-corrected chi connectivity index (χ1v) is 11.1. The van der Waals surface area contributed by atoms with Crippen molar-refractivity contribution in [2.45, 2.75) is 13.2 Å². The zero-order valence-electron chi connectivity index (χ0n) is 18.0. The summed E-state index contributed by atoms with van der Waals surface area (Å²) in [5.41, 5.74) is 4.26. The number of halogens is 3. The number of nitrogens with zero attached hydrogens (tertiary/aromatic N) is 1. The molecule has 176 valence electrons. The molecule has 2 amide bonds. The summed E-state index contributed by atoms with van der Waals surface area (Å²) in [6.07, 6.45) is 1.38. The van der Waals surface area contributed by atoms with E-state index in [9.17, 15) is 9.59 Å². The molecule has 0 aliphatic heterocycles. The molecule has 7 nitrogen and oxygen atoms in total. The summed E-state index contributed by atoms with van der Waals surface area (Å²) in [6.45, 7) is 0.342. The highest BCUT2D eigenvalue weighted by molar-refractivity contribution is 6.36. The quantitative estimate of drug-likeness (QED) is 0.248. The van der Waals surface area contributed by atoms with Crippen LogP contribution in [0.2, 0.25) is 15.1 Å². The van der Waals surface area contributed by atoms with Crippen molar-refractivity contribution in [3.63, 3.8) is 0 Å². The summed E-state index contributed by atoms with van der Waals surface area (Å²) in [4.78, 5) is 23.9. The van der Waals surface area contributed by atoms with Crippen LogP contribution in [0.3, 0.4) is 0 Å². The lowest BCUT2D eigenvalue weighted by Crippen LogP contribution is -2.37. The number of benzene rings is 3. The minimum Gasteiger partial charge on any atom is -0.493 e. The first kappa shape index (κ1) is 25.4. The first-order chi connectivity index (χ1) is 16.4. The molecule has 0 bridgehead atoms. The number of ether oxygens (including phenoxy) is 2. The van der Waals surface area contributed by atoms with Crippen LogP contribution in [0.25, 0.3) is 0 Å². The van der Waals surface area contributed by atoms with Crippen LogP contribution in [0.4, 0.5) is 0 Å². The van der Waals surface area contributed by atoms with E-state index in [1.807, 2.05) is 0 Å². The predicted octanol–water partition coefficient (Wildman–Crippen LogP) is 5.00. The summed E-state index contributed by atoms with van der Waals surface area (Å²) in [5.74, 6) is -0.791. The van der Waals surface area contributed by atoms with Crippen molar-refractivity contribution in [3.8, 4) is 11.5 Å². The van der Waals surface area contributed by atoms with Crippen molar-refractivity contribution in [1.29, 1.82) is 0 Å². The van der Waals surface area contributed by atoms with Crippen molar-refractivity contribution < 1.29 is 19.1 Å². The summed E-state index contributed by atoms with van der Waals surface area (Å²) < 4.78 is 11.2. The number of amides is 2. The smallest absolute Gasteiger partial charge is 0.329 e. The van der Waals surface area contributed by atoms with Gasteiger partial charge < -0.3 is 14.8 Å². The van der Waals surface area contributed by atoms with Crippen LogP contribution in [0, 0.1) is 0 Å². The predicted molar refractivity (Wildman–Crippen MR) is 133 cm³/mol. The topological polar surface area (TPSA) is 89.0 Å². The summed E-state index contributed by atoms with van der Waals surface area (Å²) in [5, 5.41) is 7.91. The normalized spacial score (nSPS) is 10.7. The number of hydrogen-bond acceptors (Lipinski definition) is 5. The lowest BCUT2D eigenvalue weighted by Gasteiger charge is -2.13. The maximum atomic E-state index is 11.9. The average Bonchev–Trinajstić information content (AvgIpc) is 2.83. The van der Waals surface area contributed by atoms with Crippen LogP contribution in [-0.2, 0) is 22.7 Å².